The maximum Gasteiger partial charge on any atom is 0.256 e. The van der Waals surface area contributed by atoms with Gasteiger partial charge in [0.05, 0.1) is 16.2 Å². The number of nitrogens with one attached hydrogen (secondary N) is 1. The van der Waals surface area contributed by atoms with Crippen LogP contribution in [0.15, 0.2) is 30.5 Å². The van der Waals surface area contributed by atoms with Crippen molar-refractivity contribution >= 4 is 34.9 Å². The summed E-state index contributed by atoms with van der Waals surface area (Å²) < 4.78 is 1.73. The molecule has 0 aliphatic carbocycles. The number of hydrogen-bond donors (Lipinski definition) is 1. The Balaban J connectivity index is 2.21. The number of hydrogen-bond acceptors (Lipinski definition) is 2. The molecule has 0 spiro atoms. The molecule has 2 aromatic rings. The lowest BCUT2D eigenvalue weighted by molar-refractivity contribution is 0.102. The molecule has 6 heteroatoms. The topological polar surface area (TPSA) is 46.9 Å². The number of halogens is 2. The summed E-state index contributed by atoms with van der Waals surface area (Å²) in [5.74, 6) is 0.395. The standard InChI is InChI=1S/C13H13Cl2N3O/c1-8(2)18-12(5-6-16-18)17-13(19)9-3-4-10(14)11(15)7-9/h3-8H,1-2H3,(H,17,19). The van der Waals surface area contributed by atoms with Crippen LogP contribution in [0.4, 0.5) is 5.82 Å². The minimum Gasteiger partial charge on any atom is -0.307 e. The smallest absolute Gasteiger partial charge is 0.256 e. The fourth-order valence-corrected chi connectivity index (χ4v) is 1.95. The van der Waals surface area contributed by atoms with Crippen molar-refractivity contribution in [1.82, 2.24) is 9.78 Å². The number of carbonyl (C=O) groups is 1. The lowest BCUT2D eigenvalue weighted by Gasteiger charge is -2.12. The van der Waals surface area contributed by atoms with Crippen molar-refractivity contribution in [2.75, 3.05) is 5.32 Å². The van der Waals surface area contributed by atoms with E-state index in [2.05, 4.69) is 10.4 Å². The Morgan fingerprint density at radius 3 is 2.63 bits per heavy atom. The van der Waals surface area contributed by atoms with Crippen LogP contribution >= 0.6 is 23.2 Å². The zero-order chi connectivity index (χ0) is 14.0. The summed E-state index contributed by atoms with van der Waals surface area (Å²) in [6, 6.07) is 6.67. The third-order valence-electron chi connectivity index (χ3n) is 2.58. The van der Waals surface area contributed by atoms with Crippen molar-refractivity contribution in [1.29, 1.82) is 0 Å². The van der Waals surface area contributed by atoms with E-state index in [9.17, 15) is 4.79 Å². The average molecular weight is 298 g/mol. The van der Waals surface area contributed by atoms with E-state index in [0.717, 1.165) is 0 Å². The Kier molecular flexibility index (Phi) is 4.12. The third-order valence-corrected chi connectivity index (χ3v) is 3.32. The molecular weight excluding hydrogens is 285 g/mol. The van der Waals surface area contributed by atoms with E-state index < -0.39 is 0 Å². The Labute approximate surface area is 121 Å². The number of benzene rings is 1. The molecule has 0 unspecified atom stereocenters. The van der Waals surface area contributed by atoms with Crippen LogP contribution in [0.3, 0.4) is 0 Å². The van der Waals surface area contributed by atoms with Crippen molar-refractivity contribution in [3.8, 4) is 0 Å². The van der Waals surface area contributed by atoms with Gasteiger partial charge in [-0.05, 0) is 32.0 Å². The van der Waals surface area contributed by atoms with Crippen molar-refractivity contribution in [3.05, 3.63) is 46.1 Å². The maximum atomic E-state index is 12.1. The highest BCUT2D eigenvalue weighted by molar-refractivity contribution is 6.42. The summed E-state index contributed by atoms with van der Waals surface area (Å²) in [4.78, 5) is 12.1. The molecule has 1 N–H and O–H groups in total. The van der Waals surface area contributed by atoms with E-state index in [-0.39, 0.29) is 11.9 Å². The first-order valence-corrected chi connectivity index (χ1v) is 6.54. The highest BCUT2D eigenvalue weighted by Crippen LogP contribution is 2.23. The van der Waals surface area contributed by atoms with E-state index in [4.69, 9.17) is 23.2 Å². The van der Waals surface area contributed by atoms with Gasteiger partial charge < -0.3 is 5.32 Å². The minimum absolute atomic E-state index is 0.166. The fourth-order valence-electron chi connectivity index (χ4n) is 1.65. The van der Waals surface area contributed by atoms with Crippen LogP contribution in [0.2, 0.25) is 10.0 Å². The predicted molar refractivity (Wildman–Crippen MR) is 77.0 cm³/mol. The van der Waals surface area contributed by atoms with Gasteiger partial charge >= 0.3 is 0 Å². The SMILES string of the molecule is CC(C)n1nccc1NC(=O)c1ccc(Cl)c(Cl)c1. The molecule has 4 nitrogen and oxygen atoms in total. The normalized spacial score (nSPS) is 10.8. The molecule has 1 heterocycles. The van der Waals surface area contributed by atoms with Gasteiger partial charge in [-0.25, -0.2) is 4.68 Å². The zero-order valence-corrected chi connectivity index (χ0v) is 12.0. The molecule has 0 fully saturated rings. The molecule has 0 saturated heterocycles. The van der Waals surface area contributed by atoms with E-state index in [0.29, 0.717) is 21.4 Å². The van der Waals surface area contributed by atoms with Gasteiger partial charge in [0.15, 0.2) is 0 Å². The molecule has 1 aromatic heterocycles. The molecule has 0 saturated carbocycles. The predicted octanol–water partition coefficient (Wildman–Crippen LogP) is 4.02. The Bertz CT molecular complexity index is 608. The fraction of sp³-hybridized carbons (Fsp3) is 0.231. The number of anilines is 1. The van der Waals surface area contributed by atoms with Crippen LogP contribution in [-0.2, 0) is 0 Å². The summed E-state index contributed by atoms with van der Waals surface area (Å²) in [5.41, 5.74) is 0.450. The lowest BCUT2D eigenvalue weighted by Crippen LogP contribution is -2.16. The second-order valence-corrected chi connectivity index (χ2v) is 5.15. The van der Waals surface area contributed by atoms with Gasteiger partial charge in [0.2, 0.25) is 0 Å². The zero-order valence-electron chi connectivity index (χ0n) is 10.5. The van der Waals surface area contributed by atoms with Crippen LogP contribution < -0.4 is 5.32 Å². The highest BCUT2D eigenvalue weighted by atomic mass is 35.5. The molecule has 1 aromatic carbocycles. The molecule has 0 atom stereocenters. The number of aromatic nitrogens is 2. The molecule has 1 amide bonds. The monoisotopic (exact) mass is 297 g/mol. The molecule has 0 radical (unpaired) electrons. The molecule has 19 heavy (non-hydrogen) atoms. The lowest BCUT2D eigenvalue weighted by atomic mass is 10.2. The minimum atomic E-state index is -0.249. The third kappa shape index (κ3) is 3.08. The average Bonchev–Trinajstić information content (AvgIpc) is 2.80. The molecule has 0 aliphatic rings. The summed E-state index contributed by atoms with van der Waals surface area (Å²) in [5, 5.41) is 7.72. The quantitative estimate of drug-likeness (QED) is 0.930. The van der Waals surface area contributed by atoms with Crippen LogP contribution in [0, 0.1) is 0 Å². The van der Waals surface area contributed by atoms with Crippen molar-refractivity contribution in [2.45, 2.75) is 19.9 Å². The van der Waals surface area contributed by atoms with Gasteiger partial charge in [0.1, 0.15) is 5.82 Å². The van der Waals surface area contributed by atoms with E-state index in [1.54, 1.807) is 29.1 Å². The Hall–Kier alpha value is -1.52. The van der Waals surface area contributed by atoms with Gasteiger partial charge in [0.25, 0.3) is 5.91 Å². The number of nitrogens with zero attached hydrogens (tertiary/aromatic N) is 2. The van der Waals surface area contributed by atoms with Gasteiger partial charge in [-0.2, -0.15) is 5.10 Å². The van der Waals surface area contributed by atoms with E-state index >= 15 is 0 Å². The summed E-state index contributed by atoms with van der Waals surface area (Å²) in [7, 11) is 0. The highest BCUT2D eigenvalue weighted by Gasteiger charge is 2.12. The number of carbonyl (C=O) groups excluding carboxylic acids is 1. The summed E-state index contributed by atoms with van der Waals surface area (Å²) in [6.07, 6.45) is 1.64. The van der Waals surface area contributed by atoms with Crippen LogP contribution in [0.25, 0.3) is 0 Å². The Morgan fingerprint density at radius 2 is 2.00 bits per heavy atom. The van der Waals surface area contributed by atoms with Crippen molar-refractivity contribution < 1.29 is 4.79 Å². The van der Waals surface area contributed by atoms with E-state index in [1.807, 2.05) is 13.8 Å². The van der Waals surface area contributed by atoms with Crippen LogP contribution in [0.1, 0.15) is 30.2 Å². The molecule has 100 valence electrons. The molecule has 0 aliphatic heterocycles. The second-order valence-electron chi connectivity index (χ2n) is 4.34. The Morgan fingerprint density at radius 1 is 1.26 bits per heavy atom. The summed E-state index contributed by atoms with van der Waals surface area (Å²) in [6.45, 7) is 3.98. The van der Waals surface area contributed by atoms with Crippen LogP contribution in [-0.4, -0.2) is 15.7 Å². The molecule has 2 rings (SSSR count). The molecule has 0 bridgehead atoms. The number of rotatable bonds is 3. The summed E-state index contributed by atoms with van der Waals surface area (Å²) >= 11 is 11.7. The van der Waals surface area contributed by atoms with Crippen molar-refractivity contribution in [3.63, 3.8) is 0 Å². The van der Waals surface area contributed by atoms with Crippen LogP contribution in [0.5, 0.6) is 0 Å². The largest absolute Gasteiger partial charge is 0.307 e. The van der Waals surface area contributed by atoms with E-state index in [1.165, 1.54) is 6.07 Å². The maximum absolute atomic E-state index is 12.1. The number of amides is 1. The first-order valence-electron chi connectivity index (χ1n) is 5.79. The van der Waals surface area contributed by atoms with Gasteiger partial charge in [0, 0.05) is 17.7 Å². The molecular formula is C13H13Cl2N3O. The van der Waals surface area contributed by atoms with Gasteiger partial charge in [-0.15, -0.1) is 0 Å². The van der Waals surface area contributed by atoms with Gasteiger partial charge in [-0.1, -0.05) is 23.2 Å². The second kappa shape index (κ2) is 5.63. The van der Waals surface area contributed by atoms with Gasteiger partial charge in [-0.3, -0.25) is 4.79 Å². The van der Waals surface area contributed by atoms with Crippen molar-refractivity contribution in [2.24, 2.45) is 0 Å². The first kappa shape index (κ1) is 13.9. The first-order chi connectivity index (χ1) is 8.99.